The molecule has 2 fully saturated rings. The number of hydrogen-bond donors (Lipinski definition) is 0. The van der Waals surface area contributed by atoms with Crippen molar-refractivity contribution in [3.8, 4) is 5.75 Å². The van der Waals surface area contributed by atoms with Crippen LogP contribution in [0.1, 0.15) is 12.8 Å². The van der Waals surface area contributed by atoms with Gasteiger partial charge in [0.2, 0.25) is 5.91 Å². The first-order valence-corrected chi connectivity index (χ1v) is 12.5. The quantitative estimate of drug-likeness (QED) is 0.617. The van der Waals surface area contributed by atoms with Crippen molar-refractivity contribution in [2.24, 2.45) is 5.92 Å². The molecule has 2 aliphatic heterocycles. The number of piperidine rings is 1. The van der Waals surface area contributed by atoms with E-state index < -0.39 is 9.84 Å². The van der Waals surface area contributed by atoms with Gasteiger partial charge in [-0.1, -0.05) is 18.2 Å². The Labute approximate surface area is 178 Å². The van der Waals surface area contributed by atoms with Crippen molar-refractivity contribution in [3.63, 3.8) is 0 Å². The van der Waals surface area contributed by atoms with Crippen LogP contribution in [-0.2, 0) is 19.4 Å². The Hall–Kier alpha value is -2.13. The Morgan fingerprint density at radius 2 is 1.60 bits per heavy atom. The zero-order valence-corrected chi connectivity index (χ0v) is 18.3. The van der Waals surface area contributed by atoms with Gasteiger partial charge in [0.05, 0.1) is 5.75 Å². The number of sulfone groups is 1. The summed E-state index contributed by atoms with van der Waals surface area (Å²) < 4.78 is 28.2. The monoisotopic (exact) mass is 437 g/mol. The highest BCUT2D eigenvalue weighted by Gasteiger charge is 2.31. The standard InChI is InChI=1S/C21H31N3O5S/c1-30(27,28)16-15-22-11-13-24(14-12-22)21(26)18-7-9-23(10-8-18)20(25)17-29-19-5-3-2-4-6-19/h2-6,18H,7-17H2,1H3. The van der Waals surface area contributed by atoms with E-state index in [2.05, 4.69) is 4.90 Å². The number of hydrogen-bond acceptors (Lipinski definition) is 6. The summed E-state index contributed by atoms with van der Waals surface area (Å²) in [6.45, 7) is 4.35. The molecule has 0 spiro atoms. The molecule has 0 N–H and O–H groups in total. The zero-order chi connectivity index (χ0) is 21.6. The summed E-state index contributed by atoms with van der Waals surface area (Å²) in [5, 5.41) is 0. The Balaban J connectivity index is 1.37. The van der Waals surface area contributed by atoms with Gasteiger partial charge < -0.3 is 14.5 Å². The van der Waals surface area contributed by atoms with Crippen LogP contribution in [0, 0.1) is 5.92 Å². The molecule has 3 rings (SSSR count). The lowest BCUT2D eigenvalue weighted by Crippen LogP contribution is -2.52. The highest BCUT2D eigenvalue weighted by molar-refractivity contribution is 7.90. The van der Waals surface area contributed by atoms with E-state index in [9.17, 15) is 18.0 Å². The third kappa shape index (κ3) is 6.70. The molecule has 166 valence electrons. The zero-order valence-electron chi connectivity index (χ0n) is 17.5. The molecule has 0 aromatic heterocycles. The van der Waals surface area contributed by atoms with Crippen LogP contribution in [0.5, 0.6) is 5.75 Å². The molecule has 0 aliphatic carbocycles. The molecule has 2 saturated heterocycles. The average Bonchev–Trinajstić information content (AvgIpc) is 2.76. The van der Waals surface area contributed by atoms with Crippen molar-refractivity contribution in [3.05, 3.63) is 30.3 Å². The van der Waals surface area contributed by atoms with E-state index in [4.69, 9.17) is 4.74 Å². The Morgan fingerprint density at radius 1 is 0.967 bits per heavy atom. The molecule has 2 aliphatic rings. The number of para-hydroxylation sites is 1. The minimum atomic E-state index is -2.97. The number of piperazine rings is 1. The van der Waals surface area contributed by atoms with Crippen LogP contribution in [-0.4, -0.2) is 99.4 Å². The third-order valence-electron chi connectivity index (χ3n) is 5.76. The molecular formula is C21H31N3O5S. The molecule has 0 radical (unpaired) electrons. The molecule has 0 saturated carbocycles. The van der Waals surface area contributed by atoms with Crippen molar-refractivity contribution in [2.75, 3.05) is 64.4 Å². The molecule has 0 atom stereocenters. The van der Waals surface area contributed by atoms with Gasteiger partial charge in [-0.25, -0.2) is 8.42 Å². The second kappa shape index (κ2) is 10.3. The van der Waals surface area contributed by atoms with Gasteiger partial charge in [-0.2, -0.15) is 0 Å². The fourth-order valence-electron chi connectivity index (χ4n) is 3.87. The lowest BCUT2D eigenvalue weighted by Gasteiger charge is -2.38. The van der Waals surface area contributed by atoms with Crippen molar-refractivity contribution in [1.82, 2.24) is 14.7 Å². The van der Waals surface area contributed by atoms with E-state index in [0.29, 0.717) is 64.4 Å². The van der Waals surface area contributed by atoms with Crippen molar-refractivity contribution in [1.29, 1.82) is 0 Å². The Kier molecular flexibility index (Phi) is 7.71. The maximum absolute atomic E-state index is 12.8. The van der Waals surface area contributed by atoms with E-state index in [1.807, 2.05) is 35.2 Å². The number of carbonyl (C=O) groups is 2. The number of carbonyl (C=O) groups excluding carboxylic acids is 2. The number of ether oxygens (including phenoxy) is 1. The van der Waals surface area contributed by atoms with Crippen LogP contribution >= 0.6 is 0 Å². The topological polar surface area (TPSA) is 87.2 Å². The summed E-state index contributed by atoms with van der Waals surface area (Å²) in [5.74, 6) is 0.884. The Bertz CT molecular complexity index is 814. The van der Waals surface area contributed by atoms with Crippen LogP contribution in [0.4, 0.5) is 0 Å². The van der Waals surface area contributed by atoms with Crippen molar-refractivity contribution >= 4 is 21.7 Å². The lowest BCUT2D eigenvalue weighted by atomic mass is 9.95. The van der Waals surface area contributed by atoms with Crippen LogP contribution in [0.25, 0.3) is 0 Å². The molecule has 1 aromatic rings. The molecule has 0 bridgehead atoms. The predicted octanol–water partition coefficient (Wildman–Crippen LogP) is 0.493. The third-order valence-corrected chi connectivity index (χ3v) is 6.69. The van der Waals surface area contributed by atoms with Gasteiger partial charge in [-0.15, -0.1) is 0 Å². The van der Waals surface area contributed by atoms with Crippen LogP contribution in [0.2, 0.25) is 0 Å². The van der Waals surface area contributed by atoms with Gasteiger partial charge in [0, 0.05) is 58.0 Å². The van der Waals surface area contributed by atoms with Gasteiger partial charge in [0.25, 0.3) is 5.91 Å². The summed E-state index contributed by atoms with van der Waals surface area (Å²) >= 11 is 0. The lowest BCUT2D eigenvalue weighted by molar-refractivity contribution is -0.142. The second-order valence-corrected chi connectivity index (χ2v) is 10.3. The molecule has 2 amide bonds. The van der Waals surface area contributed by atoms with E-state index in [1.165, 1.54) is 6.26 Å². The van der Waals surface area contributed by atoms with Gasteiger partial charge in [0.15, 0.2) is 6.61 Å². The summed E-state index contributed by atoms with van der Waals surface area (Å²) in [6, 6.07) is 9.26. The first-order valence-electron chi connectivity index (χ1n) is 10.5. The molecule has 0 unspecified atom stereocenters. The first-order chi connectivity index (χ1) is 14.3. The second-order valence-electron chi connectivity index (χ2n) is 8.05. The first kappa shape index (κ1) is 22.6. The van der Waals surface area contributed by atoms with E-state index in [0.717, 1.165) is 0 Å². The molecule has 9 heteroatoms. The number of nitrogens with zero attached hydrogens (tertiary/aromatic N) is 3. The number of likely N-dealkylation sites (tertiary alicyclic amines) is 1. The highest BCUT2D eigenvalue weighted by atomic mass is 32.2. The van der Waals surface area contributed by atoms with Gasteiger partial charge in [0.1, 0.15) is 15.6 Å². The van der Waals surface area contributed by atoms with Gasteiger partial charge in [-0.05, 0) is 25.0 Å². The highest BCUT2D eigenvalue weighted by Crippen LogP contribution is 2.21. The molecule has 1 aromatic carbocycles. The molecule has 2 heterocycles. The molecule has 8 nitrogen and oxygen atoms in total. The minimum absolute atomic E-state index is 0.0120. The smallest absolute Gasteiger partial charge is 0.260 e. The average molecular weight is 438 g/mol. The SMILES string of the molecule is CS(=O)(=O)CCN1CCN(C(=O)C2CCN(C(=O)COc3ccccc3)CC2)CC1. The maximum Gasteiger partial charge on any atom is 0.260 e. The number of rotatable bonds is 7. The summed E-state index contributed by atoms with van der Waals surface area (Å²) in [4.78, 5) is 31.0. The van der Waals surface area contributed by atoms with Crippen molar-refractivity contribution in [2.45, 2.75) is 12.8 Å². The van der Waals surface area contributed by atoms with Crippen LogP contribution in [0.15, 0.2) is 30.3 Å². The van der Waals surface area contributed by atoms with Crippen molar-refractivity contribution < 1.29 is 22.7 Å². The fraction of sp³-hybridized carbons (Fsp3) is 0.619. The molecular weight excluding hydrogens is 406 g/mol. The van der Waals surface area contributed by atoms with E-state index >= 15 is 0 Å². The van der Waals surface area contributed by atoms with E-state index in [-0.39, 0.29) is 30.1 Å². The molecule has 30 heavy (non-hydrogen) atoms. The normalized spacial score (nSPS) is 19.0. The van der Waals surface area contributed by atoms with Gasteiger partial charge >= 0.3 is 0 Å². The van der Waals surface area contributed by atoms with E-state index in [1.54, 1.807) is 4.90 Å². The largest absolute Gasteiger partial charge is 0.484 e. The predicted molar refractivity (Wildman–Crippen MR) is 114 cm³/mol. The number of amides is 2. The summed E-state index contributed by atoms with van der Waals surface area (Å²) in [5.41, 5.74) is 0. The van der Waals surface area contributed by atoms with Crippen LogP contribution in [0.3, 0.4) is 0 Å². The number of benzene rings is 1. The summed E-state index contributed by atoms with van der Waals surface area (Å²) in [7, 11) is -2.97. The Morgan fingerprint density at radius 3 is 2.20 bits per heavy atom. The summed E-state index contributed by atoms with van der Waals surface area (Å²) in [6.07, 6.45) is 2.59. The fourth-order valence-corrected chi connectivity index (χ4v) is 4.46. The minimum Gasteiger partial charge on any atom is -0.484 e. The maximum atomic E-state index is 12.8. The van der Waals surface area contributed by atoms with Crippen LogP contribution < -0.4 is 4.74 Å². The van der Waals surface area contributed by atoms with Gasteiger partial charge in [-0.3, -0.25) is 14.5 Å².